The smallest absolute Gasteiger partial charge is 0.239 e. The van der Waals surface area contributed by atoms with Crippen molar-refractivity contribution in [3.8, 4) is 40.1 Å². The average Bonchev–Trinajstić information content (AvgIpc) is 3.16. The van der Waals surface area contributed by atoms with Crippen molar-refractivity contribution in [2.24, 2.45) is 0 Å². The maximum atomic E-state index is 14.1. The van der Waals surface area contributed by atoms with E-state index in [1.807, 2.05) is 0 Å². The molecular weight excluding hydrogens is 748 g/mol. The first-order chi connectivity index (χ1) is 26.1. The van der Waals surface area contributed by atoms with Crippen LogP contribution in [0.3, 0.4) is 0 Å². The fourth-order valence-corrected chi connectivity index (χ4v) is 6.25. The highest BCUT2D eigenvalue weighted by atomic mass is 16.7. The molecule has 55 heavy (non-hydrogen) atoms. The summed E-state index contributed by atoms with van der Waals surface area (Å²) >= 11 is 0. The van der Waals surface area contributed by atoms with Crippen molar-refractivity contribution in [3.05, 3.63) is 40.6 Å². The average molecular weight is 789 g/mol. The number of rotatable bonds is 10. The summed E-state index contributed by atoms with van der Waals surface area (Å²) in [4.78, 5) is 14.1. The number of fused-ring (bicyclic) bond motifs is 1. The van der Waals surface area contributed by atoms with E-state index in [-0.39, 0.29) is 11.3 Å². The number of hydrogen-bond donors (Lipinski definition) is 14. The lowest BCUT2D eigenvalue weighted by atomic mass is 9.98. The number of aliphatic hydroxyl groups excluding tert-OH is 11. The Morgan fingerprint density at radius 3 is 1.67 bits per heavy atom. The zero-order valence-electron chi connectivity index (χ0n) is 28.2. The van der Waals surface area contributed by atoms with E-state index in [1.165, 1.54) is 6.07 Å². The number of hydrogen-bond acceptors (Lipinski definition) is 22. The van der Waals surface area contributed by atoms with Crippen molar-refractivity contribution in [1.82, 2.24) is 0 Å². The van der Waals surface area contributed by atoms with Gasteiger partial charge < -0.3 is 104 Å². The molecule has 304 valence electrons. The summed E-state index contributed by atoms with van der Waals surface area (Å²) in [7, 11) is 0. The number of ether oxygens (including phenoxy) is 6. The van der Waals surface area contributed by atoms with Gasteiger partial charge in [0.25, 0.3) is 0 Å². The molecule has 6 rings (SSSR count). The van der Waals surface area contributed by atoms with Gasteiger partial charge in [0.2, 0.25) is 23.8 Å². The van der Waals surface area contributed by atoms with E-state index in [1.54, 1.807) is 0 Å². The molecule has 3 saturated heterocycles. The van der Waals surface area contributed by atoms with Crippen LogP contribution >= 0.6 is 0 Å². The highest BCUT2D eigenvalue weighted by Crippen LogP contribution is 2.40. The van der Waals surface area contributed by atoms with E-state index in [4.69, 9.17) is 32.8 Å². The molecule has 0 aliphatic carbocycles. The van der Waals surface area contributed by atoms with Gasteiger partial charge >= 0.3 is 0 Å². The molecule has 1 aromatic heterocycles. The number of phenols is 3. The molecule has 0 spiro atoms. The Bertz CT molecular complexity index is 1870. The highest BCUT2D eigenvalue weighted by Gasteiger charge is 2.49. The van der Waals surface area contributed by atoms with Crippen molar-refractivity contribution in [2.75, 3.05) is 19.8 Å². The zero-order valence-corrected chi connectivity index (χ0v) is 28.2. The van der Waals surface area contributed by atoms with Gasteiger partial charge in [-0.3, -0.25) is 4.79 Å². The molecule has 3 aromatic rings. The minimum atomic E-state index is -2.09. The molecule has 3 fully saturated rings. The van der Waals surface area contributed by atoms with Crippen molar-refractivity contribution in [3.63, 3.8) is 0 Å². The largest absolute Gasteiger partial charge is 0.507 e. The van der Waals surface area contributed by atoms with Gasteiger partial charge in [-0.25, -0.2) is 0 Å². The SMILES string of the molecule is O=c1c(O[C@@H]2O[C@H](CO[C@@H]3O[C@H](CO)[C@@H](O)[C@H](O)[C@H]3O)[C@@H](O)[C@H](O)[C@H]2O)c(-c2ccc(O)c(O)c2)oc2cc(O[C@@H]3O[C@H](CO)[C@@H](O)[C@H](O)[C@H]3O)cc(O)c12. The first kappa shape index (κ1) is 40.7. The van der Waals surface area contributed by atoms with Crippen LogP contribution in [-0.2, 0) is 18.9 Å². The molecule has 2 aromatic carbocycles. The van der Waals surface area contributed by atoms with Crippen LogP contribution in [-0.4, -0.2) is 183 Å². The molecule has 0 amide bonds. The Hall–Kier alpha value is -3.95. The summed E-state index contributed by atoms with van der Waals surface area (Å²) in [5.41, 5.74) is -1.71. The fraction of sp³-hybridized carbons (Fsp3) is 0.545. The third-order valence-electron chi connectivity index (χ3n) is 9.42. The quantitative estimate of drug-likeness (QED) is 0.0853. The van der Waals surface area contributed by atoms with Crippen molar-refractivity contribution in [1.29, 1.82) is 0 Å². The minimum absolute atomic E-state index is 0.141. The van der Waals surface area contributed by atoms with E-state index in [9.17, 15) is 76.3 Å². The lowest BCUT2D eigenvalue weighted by molar-refractivity contribution is -0.323. The predicted molar refractivity (Wildman–Crippen MR) is 174 cm³/mol. The van der Waals surface area contributed by atoms with Crippen LogP contribution in [0.2, 0.25) is 0 Å². The topological polar surface area (TPSA) is 369 Å². The fourth-order valence-electron chi connectivity index (χ4n) is 6.25. The van der Waals surface area contributed by atoms with Crippen LogP contribution in [0.1, 0.15) is 0 Å². The van der Waals surface area contributed by atoms with Gasteiger partial charge in [0, 0.05) is 17.7 Å². The number of aliphatic hydroxyl groups is 11. The van der Waals surface area contributed by atoms with Crippen LogP contribution in [0, 0.1) is 0 Å². The molecule has 0 saturated carbocycles. The monoisotopic (exact) mass is 788 g/mol. The van der Waals surface area contributed by atoms with Gasteiger partial charge in [-0.2, -0.15) is 0 Å². The van der Waals surface area contributed by atoms with Crippen molar-refractivity contribution < 1.29 is 104 Å². The zero-order chi connectivity index (χ0) is 40.0. The first-order valence-electron chi connectivity index (χ1n) is 16.7. The summed E-state index contributed by atoms with van der Waals surface area (Å²) in [6.45, 7) is -2.28. The number of benzene rings is 2. The Morgan fingerprint density at radius 1 is 0.564 bits per heavy atom. The van der Waals surface area contributed by atoms with Crippen molar-refractivity contribution >= 4 is 11.0 Å². The number of aromatic hydroxyl groups is 3. The van der Waals surface area contributed by atoms with Crippen LogP contribution in [0.15, 0.2) is 39.5 Å². The van der Waals surface area contributed by atoms with E-state index in [0.29, 0.717) is 0 Å². The second-order valence-corrected chi connectivity index (χ2v) is 13.1. The Morgan fingerprint density at radius 2 is 1.09 bits per heavy atom. The van der Waals surface area contributed by atoms with Crippen molar-refractivity contribution in [2.45, 2.75) is 92.1 Å². The molecule has 0 bridgehead atoms. The van der Waals surface area contributed by atoms with E-state index >= 15 is 0 Å². The first-order valence-corrected chi connectivity index (χ1v) is 16.7. The van der Waals surface area contributed by atoms with Gasteiger partial charge in [-0.15, -0.1) is 0 Å². The van der Waals surface area contributed by atoms with E-state index in [2.05, 4.69) is 0 Å². The maximum absolute atomic E-state index is 14.1. The molecule has 22 nitrogen and oxygen atoms in total. The second-order valence-electron chi connectivity index (χ2n) is 13.1. The van der Waals surface area contributed by atoms with Crippen LogP contribution in [0.25, 0.3) is 22.3 Å². The summed E-state index contributed by atoms with van der Waals surface area (Å²) in [5, 5.41) is 143. The second kappa shape index (κ2) is 16.3. The predicted octanol–water partition coefficient (Wildman–Crippen LogP) is -5.24. The molecule has 14 N–H and O–H groups in total. The lowest BCUT2D eigenvalue weighted by Gasteiger charge is -2.42. The van der Waals surface area contributed by atoms with Gasteiger partial charge in [-0.1, -0.05) is 0 Å². The van der Waals surface area contributed by atoms with Crippen LogP contribution in [0.4, 0.5) is 0 Å². The number of phenolic OH excluding ortho intramolecular Hbond substituents is 3. The molecule has 0 unspecified atom stereocenters. The van der Waals surface area contributed by atoms with Gasteiger partial charge in [0.05, 0.1) is 19.8 Å². The molecule has 3 aliphatic heterocycles. The molecular formula is C33H40O22. The lowest BCUT2D eigenvalue weighted by Crippen LogP contribution is -2.62. The maximum Gasteiger partial charge on any atom is 0.239 e. The summed E-state index contributed by atoms with van der Waals surface area (Å²) < 4.78 is 38.9. The molecule has 22 heteroatoms. The normalized spacial score (nSPS) is 36.8. The molecule has 0 radical (unpaired) electrons. The summed E-state index contributed by atoms with van der Waals surface area (Å²) in [5.74, 6) is -3.74. The summed E-state index contributed by atoms with van der Waals surface area (Å²) in [6, 6.07) is 5.08. The minimum Gasteiger partial charge on any atom is -0.507 e. The third-order valence-corrected chi connectivity index (χ3v) is 9.42. The third kappa shape index (κ3) is 7.76. The molecule has 15 atom stereocenters. The van der Waals surface area contributed by atoms with Gasteiger partial charge in [0.1, 0.15) is 95.7 Å². The van der Waals surface area contributed by atoms with Gasteiger partial charge in [-0.05, 0) is 18.2 Å². The van der Waals surface area contributed by atoms with Crippen LogP contribution < -0.4 is 14.9 Å². The molecule has 3 aliphatic rings. The molecule has 4 heterocycles. The van der Waals surface area contributed by atoms with E-state index < -0.39 is 157 Å². The van der Waals surface area contributed by atoms with E-state index in [0.717, 1.165) is 24.3 Å². The highest BCUT2D eigenvalue weighted by molar-refractivity contribution is 5.88. The van der Waals surface area contributed by atoms with Crippen LogP contribution in [0.5, 0.6) is 28.7 Å². The Balaban J connectivity index is 1.33. The summed E-state index contributed by atoms with van der Waals surface area (Å²) in [6.07, 6.45) is -26.5. The van der Waals surface area contributed by atoms with Gasteiger partial charge in [0.15, 0.2) is 23.5 Å². The standard InChI is InChI=1S/C33H40O22/c34-6-15-19(39)23(43)26(46)31(52-15)49-8-17-21(41)25(45)28(48)33(54-17)55-30-22(42)18-13(38)4-10(50-32-27(47)24(44)20(40)16(7-35)53-32)5-14(18)51-29(30)9-1-2-11(36)12(37)3-9/h1-5,15-17,19-21,23-28,31-41,43-48H,6-8H2/t15-,16-,17-,19-,20-,21-,23+,24+,25+,26-,27-,28-,31-,32-,33+/m1/s1. The Labute approximate surface area is 307 Å². The Kier molecular flexibility index (Phi) is 12.0.